The van der Waals surface area contributed by atoms with Crippen molar-refractivity contribution in [3.05, 3.63) is 64.7 Å². The molecule has 2 fully saturated rings. The molecular formula is C23H28ClFN4O3S. The van der Waals surface area contributed by atoms with Crippen molar-refractivity contribution in [2.24, 2.45) is 4.36 Å². The zero-order valence-electron chi connectivity index (χ0n) is 18.7. The Labute approximate surface area is 199 Å². The number of benzene rings is 2. The molecule has 2 heterocycles. The summed E-state index contributed by atoms with van der Waals surface area (Å²) in [4.78, 5) is 16.8. The van der Waals surface area contributed by atoms with E-state index in [-0.39, 0.29) is 28.8 Å². The van der Waals surface area contributed by atoms with Crippen LogP contribution in [0.25, 0.3) is 0 Å². The average molecular weight is 495 g/mol. The van der Waals surface area contributed by atoms with Gasteiger partial charge in [-0.1, -0.05) is 41.9 Å². The first-order chi connectivity index (χ1) is 15.7. The summed E-state index contributed by atoms with van der Waals surface area (Å²) in [6, 6.07) is 14.3. The van der Waals surface area contributed by atoms with E-state index in [1.54, 1.807) is 4.90 Å². The summed E-state index contributed by atoms with van der Waals surface area (Å²) < 4.78 is 38.5. The van der Waals surface area contributed by atoms with E-state index in [9.17, 15) is 12.9 Å². The molecule has 2 saturated heterocycles. The Morgan fingerprint density at radius 3 is 2.61 bits per heavy atom. The first-order valence-electron chi connectivity index (χ1n) is 10.9. The number of carbonyl (C=O) groups excluding carboxylic acids is 1. The van der Waals surface area contributed by atoms with Crippen LogP contribution in [-0.2, 0) is 15.0 Å². The van der Waals surface area contributed by atoms with Gasteiger partial charge in [0, 0.05) is 25.7 Å². The van der Waals surface area contributed by atoms with Crippen LogP contribution in [0.4, 0.5) is 9.57 Å². The molecule has 2 aliphatic rings. The van der Waals surface area contributed by atoms with Crippen molar-refractivity contribution in [2.75, 3.05) is 46.9 Å². The third kappa shape index (κ3) is 5.55. The number of hydrogen-bond donors (Lipinski definition) is 0. The van der Waals surface area contributed by atoms with Crippen LogP contribution in [0.2, 0.25) is 5.02 Å². The van der Waals surface area contributed by atoms with Crippen molar-refractivity contribution in [2.45, 2.75) is 18.6 Å². The van der Waals surface area contributed by atoms with Crippen molar-refractivity contribution >= 4 is 33.5 Å². The number of hydrogen-bond acceptors (Lipinski definition) is 5. The summed E-state index contributed by atoms with van der Waals surface area (Å²) in [6.07, 6.45) is 0.515. The highest BCUT2D eigenvalue weighted by atomic mass is 35.5. The van der Waals surface area contributed by atoms with E-state index >= 15 is 0 Å². The molecule has 0 spiro atoms. The van der Waals surface area contributed by atoms with Gasteiger partial charge in [-0.25, -0.2) is 0 Å². The van der Waals surface area contributed by atoms with Gasteiger partial charge < -0.3 is 14.5 Å². The van der Waals surface area contributed by atoms with Gasteiger partial charge in [-0.15, -0.1) is 3.89 Å². The second-order valence-electron chi connectivity index (χ2n) is 8.50. The van der Waals surface area contributed by atoms with E-state index in [2.05, 4.69) is 4.36 Å². The largest absolute Gasteiger partial charge is 0.370 e. The third-order valence-corrected chi connectivity index (χ3v) is 7.82. The molecule has 0 radical (unpaired) electrons. The lowest BCUT2D eigenvalue weighted by Gasteiger charge is -2.33. The molecule has 10 heteroatoms. The normalized spacial score (nSPS) is 23.5. The molecule has 0 aromatic heterocycles. The molecule has 178 valence electrons. The Morgan fingerprint density at radius 1 is 1.18 bits per heavy atom. The Bertz CT molecular complexity index is 1120. The lowest BCUT2D eigenvalue weighted by molar-refractivity contribution is -0.0228. The third-order valence-electron chi connectivity index (χ3n) is 6.10. The lowest BCUT2D eigenvalue weighted by Crippen LogP contribution is -2.42. The van der Waals surface area contributed by atoms with Gasteiger partial charge in [-0.05, 0) is 44.3 Å². The smallest absolute Gasteiger partial charge is 0.275 e. The number of rotatable bonds is 5. The first-order valence-corrected chi connectivity index (χ1v) is 12.6. The molecular weight excluding hydrogens is 467 g/mol. The molecule has 2 aromatic rings. The molecule has 1 amide bonds. The fourth-order valence-corrected chi connectivity index (χ4v) is 5.56. The fraction of sp³-hybridized carbons (Fsp3) is 0.435. The van der Waals surface area contributed by atoms with Crippen molar-refractivity contribution in [1.29, 1.82) is 0 Å². The number of ether oxygens (including phenoxy) is 1. The molecule has 0 bridgehead atoms. The fourth-order valence-electron chi connectivity index (χ4n) is 4.13. The zero-order valence-corrected chi connectivity index (χ0v) is 20.3. The predicted molar refractivity (Wildman–Crippen MR) is 127 cm³/mol. The summed E-state index contributed by atoms with van der Waals surface area (Å²) in [6.45, 7) is 1.99. The van der Waals surface area contributed by atoms with E-state index in [1.165, 1.54) is 22.5 Å². The van der Waals surface area contributed by atoms with Crippen LogP contribution in [0.15, 0.2) is 52.9 Å². The minimum Gasteiger partial charge on any atom is -0.370 e. The SMILES string of the molecule is CN(C)[C@H]1CCN(S(=O)(F)=Nc2ccc(C(=O)N3CCO[C@@H](c4ccccc4)C3)c(Cl)c2)C1. The van der Waals surface area contributed by atoms with Crippen LogP contribution in [0.5, 0.6) is 0 Å². The van der Waals surface area contributed by atoms with Gasteiger partial charge in [0.2, 0.25) is 0 Å². The molecule has 4 rings (SSSR count). The Balaban J connectivity index is 1.49. The van der Waals surface area contributed by atoms with Gasteiger partial charge in [0.1, 0.15) is 6.10 Å². The summed E-state index contributed by atoms with van der Waals surface area (Å²) in [5.41, 5.74) is 1.44. The molecule has 2 aliphatic heterocycles. The van der Waals surface area contributed by atoms with E-state index in [1.807, 2.05) is 49.3 Å². The number of carbonyl (C=O) groups is 1. The standard InChI is InChI=1S/C23H28ClFN4O3S/c1-27(2)19-10-11-29(15-19)33(25,31)26-18-8-9-20(21(24)14-18)23(30)28-12-13-32-22(16-28)17-6-4-3-5-7-17/h3-9,14,19,22H,10-13,15-16H2,1-2H3/t19-,22+,33?/m0/s1. The minimum absolute atomic E-state index is 0.133. The van der Waals surface area contributed by atoms with Crippen molar-refractivity contribution in [3.63, 3.8) is 0 Å². The predicted octanol–water partition coefficient (Wildman–Crippen LogP) is 4.09. The molecule has 33 heavy (non-hydrogen) atoms. The highest BCUT2D eigenvalue weighted by Gasteiger charge is 2.31. The Morgan fingerprint density at radius 2 is 1.94 bits per heavy atom. The molecule has 2 aromatic carbocycles. The second-order valence-corrected chi connectivity index (χ2v) is 10.5. The molecule has 0 saturated carbocycles. The van der Waals surface area contributed by atoms with E-state index in [0.29, 0.717) is 38.3 Å². The quantitative estimate of drug-likeness (QED) is 0.587. The van der Waals surface area contributed by atoms with Crippen LogP contribution in [0, 0.1) is 0 Å². The minimum atomic E-state index is -4.08. The summed E-state index contributed by atoms with van der Waals surface area (Å²) in [5, 5.41) is 0.145. The van der Waals surface area contributed by atoms with Crippen LogP contribution in [-0.4, -0.2) is 77.1 Å². The van der Waals surface area contributed by atoms with Gasteiger partial charge in [0.05, 0.1) is 29.4 Å². The summed E-state index contributed by atoms with van der Waals surface area (Å²) >= 11 is 6.38. The van der Waals surface area contributed by atoms with Crippen molar-refractivity contribution in [3.8, 4) is 0 Å². The van der Waals surface area contributed by atoms with Gasteiger partial charge in [0.15, 0.2) is 0 Å². The Kier molecular flexibility index (Phi) is 7.35. The average Bonchev–Trinajstić information content (AvgIpc) is 3.31. The van der Waals surface area contributed by atoms with Crippen LogP contribution < -0.4 is 0 Å². The maximum atomic E-state index is 14.9. The molecule has 0 N–H and O–H groups in total. The molecule has 0 aliphatic carbocycles. The first kappa shape index (κ1) is 24.1. The van der Waals surface area contributed by atoms with Crippen LogP contribution in [0.1, 0.15) is 28.4 Å². The van der Waals surface area contributed by atoms with E-state index < -0.39 is 10.3 Å². The van der Waals surface area contributed by atoms with Gasteiger partial charge in [-0.3, -0.25) is 4.79 Å². The highest BCUT2D eigenvalue weighted by Crippen LogP contribution is 2.29. The Hall–Kier alpha value is -2.04. The van der Waals surface area contributed by atoms with Gasteiger partial charge in [-0.2, -0.15) is 12.9 Å². The molecule has 3 atom stereocenters. The zero-order chi connectivity index (χ0) is 23.6. The van der Waals surface area contributed by atoms with Crippen molar-refractivity contribution in [1.82, 2.24) is 14.1 Å². The van der Waals surface area contributed by atoms with Crippen molar-refractivity contribution < 1.29 is 17.6 Å². The van der Waals surface area contributed by atoms with Crippen LogP contribution in [0.3, 0.4) is 0 Å². The van der Waals surface area contributed by atoms with Crippen LogP contribution >= 0.6 is 11.6 Å². The van der Waals surface area contributed by atoms with Gasteiger partial charge >= 0.3 is 0 Å². The molecule has 7 nitrogen and oxygen atoms in total. The highest BCUT2D eigenvalue weighted by molar-refractivity contribution is 7.86. The monoisotopic (exact) mass is 494 g/mol. The topological polar surface area (TPSA) is 65.5 Å². The lowest BCUT2D eigenvalue weighted by atomic mass is 10.1. The number of halogens is 2. The number of nitrogens with zero attached hydrogens (tertiary/aromatic N) is 4. The molecule has 1 unspecified atom stereocenters. The van der Waals surface area contributed by atoms with E-state index in [0.717, 1.165) is 12.0 Å². The summed E-state index contributed by atoms with van der Waals surface area (Å²) in [5.74, 6) is -0.231. The van der Waals surface area contributed by atoms with E-state index in [4.69, 9.17) is 16.3 Å². The second kappa shape index (κ2) is 10.1. The number of morpholine rings is 1. The maximum Gasteiger partial charge on any atom is 0.275 e. The summed E-state index contributed by atoms with van der Waals surface area (Å²) in [7, 11) is -0.248. The number of amides is 1. The number of likely N-dealkylation sites (N-methyl/N-ethyl adjacent to an activating group) is 1. The van der Waals surface area contributed by atoms with Gasteiger partial charge in [0.25, 0.3) is 16.2 Å². The maximum absolute atomic E-state index is 14.9.